The fraction of sp³-hybridized carbons (Fsp3) is 0.533. The van der Waals surface area contributed by atoms with Gasteiger partial charge < -0.3 is 14.8 Å². The van der Waals surface area contributed by atoms with Crippen molar-refractivity contribution in [3.05, 3.63) is 18.2 Å². The number of carbonyl (C=O) groups excluding carboxylic acids is 1. The van der Waals surface area contributed by atoms with Gasteiger partial charge >= 0.3 is 0 Å². The van der Waals surface area contributed by atoms with Crippen LogP contribution in [0.3, 0.4) is 0 Å². The average molecular weight is 340 g/mol. The van der Waals surface area contributed by atoms with Gasteiger partial charge in [0.2, 0.25) is 5.91 Å². The van der Waals surface area contributed by atoms with Crippen LogP contribution in [0, 0.1) is 0 Å². The van der Waals surface area contributed by atoms with E-state index in [1.807, 2.05) is 0 Å². The number of hydrogen-bond acceptors (Lipinski definition) is 6. The Morgan fingerprint density at radius 1 is 1.30 bits per heavy atom. The first kappa shape index (κ1) is 16.1. The number of carbonyl (C=O) groups is 1. The van der Waals surface area contributed by atoms with Crippen LogP contribution < -0.4 is 14.8 Å². The smallest absolute Gasteiger partial charge is 0.238 e. The summed E-state index contributed by atoms with van der Waals surface area (Å²) < 4.78 is 33.9. The predicted molar refractivity (Wildman–Crippen MR) is 85.8 cm³/mol. The Labute approximate surface area is 135 Å². The van der Waals surface area contributed by atoms with Crippen LogP contribution in [0.4, 0.5) is 5.69 Å². The van der Waals surface area contributed by atoms with E-state index in [4.69, 9.17) is 9.47 Å². The summed E-state index contributed by atoms with van der Waals surface area (Å²) in [7, 11) is -1.18. The molecule has 0 spiro atoms. The van der Waals surface area contributed by atoms with Gasteiger partial charge in [0.1, 0.15) is 13.2 Å². The molecular formula is C15H20N2O5S. The predicted octanol–water partition coefficient (Wildman–Crippen LogP) is 0.515. The number of nitrogens with zero attached hydrogens (tertiary/aromatic N) is 1. The van der Waals surface area contributed by atoms with Gasteiger partial charge in [-0.05, 0) is 25.6 Å². The van der Waals surface area contributed by atoms with Crippen molar-refractivity contribution in [1.82, 2.24) is 4.90 Å². The van der Waals surface area contributed by atoms with Crippen molar-refractivity contribution in [3.63, 3.8) is 0 Å². The number of fused-ring (bicyclic) bond motifs is 1. The van der Waals surface area contributed by atoms with Crippen molar-refractivity contribution < 1.29 is 22.7 Å². The molecule has 2 aliphatic rings. The van der Waals surface area contributed by atoms with Crippen LogP contribution in [0.25, 0.3) is 0 Å². The Kier molecular flexibility index (Phi) is 4.45. The minimum absolute atomic E-state index is 0.0917. The van der Waals surface area contributed by atoms with Gasteiger partial charge in [-0.1, -0.05) is 0 Å². The van der Waals surface area contributed by atoms with E-state index in [1.54, 1.807) is 30.1 Å². The van der Waals surface area contributed by atoms with Gasteiger partial charge in [-0.2, -0.15) is 0 Å². The van der Waals surface area contributed by atoms with E-state index >= 15 is 0 Å². The molecule has 0 saturated carbocycles. The Hall–Kier alpha value is -1.80. The number of benzene rings is 1. The normalized spacial score (nSPS) is 22.1. The van der Waals surface area contributed by atoms with Gasteiger partial charge in [-0.3, -0.25) is 9.69 Å². The van der Waals surface area contributed by atoms with Crippen molar-refractivity contribution >= 4 is 21.4 Å². The lowest BCUT2D eigenvalue weighted by Gasteiger charge is -2.22. The Balaban J connectivity index is 1.57. The third-order valence-corrected chi connectivity index (χ3v) is 5.80. The topological polar surface area (TPSA) is 84.9 Å². The monoisotopic (exact) mass is 340 g/mol. The minimum atomic E-state index is -2.95. The first-order valence-electron chi connectivity index (χ1n) is 7.53. The molecule has 1 atom stereocenters. The van der Waals surface area contributed by atoms with Gasteiger partial charge in [0.05, 0.1) is 18.1 Å². The van der Waals surface area contributed by atoms with Gasteiger partial charge in [-0.15, -0.1) is 0 Å². The lowest BCUT2D eigenvalue weighted by atomic mass is 10.2. The van der Waals surface area contributed by atoms with Gasteiger partial charge in [0.15, 0.2) is 21.3 Å². The summed E-state index contributed by atoms with van der Waals surface area (Å²) in [6, 6.07) is 5.15. The number of likely N-dealkylation sites (N-methyl/N-ethyl adjacent to an activating group) is 1. The van der Waals surface area contributed by atoms with Crippen LogP contribution >= 0.6 is 0 Å². The number of nitrogens with one attached hydrogen (secondary N) is 1. The maximum absolute atomic E-state index is 12.1. The molecule has 3 rings (SSSR count). The molecule has 1 aromatic rings. The molecule has 1 N–H and O–H groups in total. The summed E-state index contributed by atoms with van der Waals surface area (Å²) in [6.45, 7) is 1.16. The standard InChI is InChI=1S/C15H20N2O5S/c1-17(12-4-7-23(19,20)10-12)9-15(18)16-11-2-3-13-14(8-11)22-6-5-21-13/h2-3,8,12H,4-7,9-10H2,1H3,(H,16,18). The molecule has 2 heterocycles. The molecule has 23 heavy (non-hydrogen) atoms. The highest BCUT2D eigenvalue weighted by Gasteiger charge is 2.31. The van der Waals surface area contributed by atoms with Crippen molar-refractivity contribution in [2.24, 2.45) is 0 Å². The summed E-state index contributed by atoms with van der Waals surface area (Å²) in [5, 5.41) is 2.80. The molecule has 1 saturated heterocycles. The van der Waals surface area contributed by atoms with Crippen LogP contribution in [0.15, 0.2) is 18.2 Å². The lowest BCUT2D eigenvalue weighted by molar-refractivity contribution is -0.117. The number of hydrogen-bond donors (Lipinski definition) is 1. The van der Waals surface area contributed by atoms with E-state index in [0.717, 1.165) is 0 Å². The van der Waals surface area contributed by atoms with E-state index in [9.17, 15) is 13.2 Å². The number of sulfone groups is 1. The molecule has 0 aliphatic carbocycles. The lowest BCUT2D eigenvalue weighted by Crippen LogP contribution is -2.38. The zero-order chi connectivity index (χ0) is 16.4. The molecular weight excluding hydrogens is 320 g/mol. The van der Waals surface area contributed by atoms with E-state index in [0.29, 0.717) is 36.8 Å². The third-order valence-electron chi connectivity index (χ3n) is 4.05. The molecule has 0 aromatic heterocycles. The van der Waals surface area contributed by atoms with Crippen molar-refractivity contribution in [2.45, 2.75) is 12.5 Å². The number of amides is 1. The molecule has 1 aromatic carbocycles. The van der Waals surface area contributed by atoms with Gasteiger partial charge in [0, 0.05) is 17.8 Å². The van der Waals surface area contributed by atoms with Crippen molar-refractivity contribution in [3.8, 4) is 11.5 Å². The maximum Gasteiger partial charge on any atom is 0.238 e. The second kappa shape index (κ2) is 6.37. The van der Waals surface area contributed by atoms with Crippen LogP contribution in [0.1, 0.15) is 6.42 Å². The number of anilines is 1. The van der Waals surface area contributed by atoms with Gasteiger partial charge in [-0.25, -0.2) is 8.42 Å². The molecule has 126 valence electrons. The summed E-state index contributed by atoms with van der Waals surface area (Å²) in [6.07, 6.45) is 0.580. The summed E-state index contributed by atoms with van der Waals surface area (Å²) in [5.74, 6) is 1.42. The van der Waals surface area contributed by atoms with Gasteiger partial charge in [0.25, 0.3) is 0 Å². The molecule has 8 heteroatoms. The first-order valence-corrected chi connectivity index (χ1v) is 9.35. The quantitative estimate of drug-likeness (QED) is 0.860. The fourth-order valence-electron chi connectivity index (χ4n) is 2.80. The zero-order valence-corrected chi connectivity index (χ0v) is 13.8. The van der Waals surface area contributed by atoms with E-state index < -0.39 is 9.84 Å². The number of ether oxygens (including phenoxy) is 2. The SMILES string of the molecule is CN(CC(=O)Nc1ccc2c(c1)OCCO2)C1CCS(=O)(=O)C1. The largest absolute Gasteiger partial charge is 0.486 e. The van der Waals surface area contributed by atoms with Crippen LogP contribution in [0.5, 0.6) is 11.5 Å². The molecule has 7 nitrogen and oxygen atoms in total. The van der Waals surface area contributed by atoms with E-state index in [2.05, 4.69) is 5.32 Å². The molecule has 0 radical (unpaired) electrons. The third kappa shape index (κ3) is 3.94. The molecule has 0 bridgehead atoms. The van der Waals surface area contributed by atoms with Crippen LogP contribution in [-0.4, -0.2) is 63.6 Å². The highest BCUT2D eigenvalue weighted by molar-refractivity contribution is 7.91. The molecule has 2 aliphatic heterocycles. The first-order chi connectivity index (χ1) is 10.9. The number of rotatable bonds is 4. The molecule has 1 fully saturated rings. The second-order valence-corrected chi connectivity index (χ2v) is 8.11. The Morgan fingerprint density at radius 3 is 2.74 bits per heavy atom. The van der Waals surface area contributed by atoms with Crippen molar-refractivity contribution in [2.75, 3.05) is 43.6 Å². The van der Waals surface area contributed by atoms with E-state index in [-0.39, 0.29) is 30.0 Å². The molecule has 1 unspecified atom stereocenters. The maximum atomic E-state index is 12.1. The Morgan fingerprint density at radius 2 is 2.04 bits per heavy atom. The van der Waals surface area contributed by atoms with Crippen molar-refractivity contribution in [1.29, 1.82) is 0 Å². The summed E-state index contributed by atoms with van der Waals surface area (Å²) >= 11 is 0. The highest BCUT2D eigenvalue weighted by Crippen LogP contribution is 2.32. The minimum Gasteiger partial charge on any atom is -0.486 e. The molecule has 1 amide bonds. The average Bonchev–Trinajstić information content (AvgIpc) is 2.87. The van der Waals surface area contributed by atoms with E-state index in [1.165, 1.54) is 0 Å². The Bertz CT molecular complexity index is 704. The summed E-state index contributed by atoms with van der Waals surface area (Å²) in [4.78, 5) is 13.9. The van der Waals surface area contributed by atoms with Crippen LogP contribution in [0.2, 0.25) is 0 Å². The fourth-order valence-corrected chi connectivity index (χ4v) is 4.61. The highest BCUT2D eigenvalue weighted by atomic mass is 32.2. The summed E-state index contributed by atoms with van der Waals surface area (Å²) in [5.41, 5.74) is 0.631. The second-order valence-electron chi connectivity index (χ2n) is 5.88. The zero-order valence-electron chi connectivity index (χ0n) is 12.9. The van der Waals surface area contributed by atoms with Crippen LogP contribution in [-0.2, 0) is 14.6 Å².